The average Bonchev–Trinajstić information content (AvgIpc) is 2.58. The maximum Gasteiger partial charge on any atom is 0.161 e. The Morgan fingerprint density at radius 1 is 1.04 bits per heavy atom. The molecule has 2 unspecified atom stereocenters. The van der Waals surface area contributed by atoms with Gasteiger partial charge in [0.05, 0.1) is 14.2 Å². The third-order valence-electron chi connectivity index (χ3n) is 5.28. The number of hydrogen-bond acceptors (Lipinski definition) is 3. The number of methoxy groups -OCH3 is 2. The number of hydrogen-bond donors (Lipinski definition) is 0. The van der Waals surface area contributed by atoms with Crippen LogP contribution in [-0.4, -0.2) is 32.2 Å². The summed E-state index contributed by atoms with van der Waals surface area (Å²) in [5.74, 6) is 2.38. The van der Waals surface area contributed by atoms with Crippen LogP contribution in [-0.2, 0) is 12.8 Å². The average molecular weight is 346 g/mol. The molecule has 4 heteroatoms. The van der Waals surface area contributed by atoms with E-state index in [1.54, 1.807) is 14.2 Å². The Morgan fingerprint density at radius 3 is 2.46 bits per heavy atom. The minimum Gasteiger partial charge on any atom is -0.493 e. The van der Waals surface area contributed by atoms with Crippen LogP contribution in [0.4, 0.5) is 0 Å². The second-order valence-electron chi connectivity index (χ2n) is 6.55. The van der Waals surface area contributed by atoms with Crippen molar-refractivity contribution < 1.29 is 9.47 Å². The first kappa shape index (κ1) is 17.1. The molecule has 128 valence electrons. The fourth-order valence-electron chi connectivity index (χ4n) is 4.14. The molecule has 2 aromatic carbocycles. The SMILES string of the molecule is COc1cc2c(cc1OC)C1C(Cc3ccccc3)CN1CC2.Cl. The van der Waals surface area contributed by atoms with Crippen molar-refractivity contribution >= 4 is 12.4 Å². The number of benzene rings is 2. The Labute approximate surface area is 150 Å². The first-order valence-corrected chi connectivity index (χ1v) is 8.33. The summed E-state index contributed by atoms with van der Waals surface area (Å²) in [5.41, 5.74) is 4.28. The largest absolute Gasteiger partial charge is 0.493 e. The third kappa shape index (κ3) is 2.87. The van der Waals surface area contributed by atoms with Gasteiger partial charge in [-0.3, -0.25) is 4.90 Å². The van der Waals surface area contributed by atoms with Gasteiger partial charge in [0, 0.05) is 19.1 Å². The van der Waals surface area contributed by atoms with E-state index in [9.17, 15) is 0 Å². The van der Waals surface area contributed by atoms with Gasteiger partial charge < -0.3 is 9.47 Å². The zero-order valence-corrected chi connectivity index (χ0v) is 15.0. The summed E-state index contributed by atoms with van der Waals surface area (Å²) in [4.78, 5) is 2.60. The van der Waals surface area contributed by atoms with Crippen molar-refractivity contribution in [2.45, 2.75) is 18.9 Å². The molecule has 1 saturated heterocycles. The van der Waals surface area contributed by atoms with Crippen LogP contribution in [0.5, 0.6) is 11.5 Å². The van der Waals surface area contributed by atoms with E-state index >= 15 is 0 Å². The monoisotopic (exact) mass is 345 g/mol. The highest BCUT2D eigenvalue weighted by Gasteiger charge is 2.43. The molecule has 4 rings (SSSR count). The Balaban J connectivity index is 0.00000169. The van der Waals surface area contributed by atoms with E-state index in [4.69, 9.17) is 9.47 Å². The van der Waals surface area contributed by atoms with Gasteiger partial charge in [0.2, 0.25) is 0 Å². The van der Waals surface area contributed by atoms with E-state index in [2.05, 4.69) is 47.4 Å². The Bertz CT molecular complexity index is 704. The van der Waals surface area contributed by atoms with Crippen molar-refractivity contribution in [3.8, 4) is 11.5 Å². The number of fused-ring (bicyclic) bond motifs is 3. The molecule has 0 bridgehead atoms. The lowest BCUT2D eigenvalue weighted by Gasteiger charge is -2.52. The first-order chi connectivity index (χ1) is 11.3. The standard InChI is InChI=1S/C20H23NO2.ClH/c1-22-18-11-15-8-9-21-13-16(10-14-6-4-3-5-7-14)20(21)17(15)12-19(18)23-2;/h3-7,11-12,16,20H,8-10,13H2,1-2H3;1H. The molecule has 0 radical (unpaired) electrons. The van der Waals surface area contributed by atoms with Crippen LogP contribution in [0.2, 0.25) is 0 Å². The maximum atomic E-state index is 5.52. The van der Waals surface area contributed by atoms with Crippen LogP contribution >= 0.6 is 12.4 Å². The highest BCUT2D eigenvalue weighted by Crippen LogP contribution is 2.47. The van der Waals surface area contributed by atoms with Crippen molar-refractivity contribution in [3.63, 3.8) is 0 Å². The molecule has 1 fully saturated rings. The lowest BCUT2D eigenvalue weighted by molar-refractivity contribution is 0.00535. The number of ether oxygens (including phenoxy) is 2. The lowest BCUT2D eigenvalue weighted by Crippen LogP contribution is -2.53. The second kappa shape index (κ2) is 7.04. The summed E-state index contributed by atoms with van der Waals surface area (Å²) in [7, 11) is 3.42. The smallest absolute Gasteiger partial charge is 0.161 e. The van der Waals surface area contributed by atoms with Gasteiger partial charge in [-0.05, 0) is 47.6 Å². The molecule has 0 spiro atoms. The first-order valence-electron chi connectivity index (χ1n) is 8.33. The third-order valence-corrected chi connectivity index (χ3v) is 5.28. The van der Waals surface area contributed by atoms with Crippen LogP contribution in [0.3, 0.4) is 0 Å². The Hall–Kier alpha value is -1.71. The molecule has 2 heterocycles. The van der Waals surface area contributed by atoms with Crippen molar-refractivity contribution in [2.24, 2.45) is 5.92 Å². The highest BCUT2D eigenvalue weighted by atomic mass is 35.5. The Morgan fingerprint density at radius 2 is 1.75 bits per heavy atom. The van der Waals surface area contributed by atoms with Gasteiger partial charge >= 0.3 is 0 Å². The van der Waals surface area contributed by atoms with Gasteiger partial charge in [0.15, 0.2) is 11.5 Å². The summed E-state index contributed by atoms with van der Waals surface area (Å²) in [6, 6.07) is 15.7. The van der Waals surface area contributed by atoms with Gasteiger partial charge in [0.25, 0.3) is 0 Å². The molecule has 0 aliphatic carbocycles. The molecule has 2 aromatic rings. The van der Waals surface area contributed by atoms with Crippen molar-refractivity contribution in [3.05, 3.63) is 59.2 Å². The van der Waals surface area contributed by atoms with Gasteiger partial charge in [-0.2, -0.15) is 0 Å². The minimum absolute atomic E-state index is 0. The molecule has 0 amide bonds. The molecule has 0 aromatic heterocycles. The van der Waals surface area contributed by atoms with E-state index in [-0.39, 0.29) is 12.4 Å². The van der Waals surface area contributed by atoms with Crippen LogP contribution in [0, 0.1) is 5.92 Å². The van der Waals surface area contributed by atoms with E-state index in [1.165, 1.54) is 23.2 Å². The molecular weight excluding hydrogens is 322 g/mol. The molecule has 24 heavy (non-hydrogen) atoms. The minimum atomic E-state index is 0. The van der Waals surface area contributed by atoms with E-state index < -0.39 is 0 Å². The summed E-state index contributed by atoms with van der Waals surface area (Å²) in [6.07, 6.45) is 2.25. The maximum absolute atomic E-state index is 5.52. The molecule has 2 atom stereocenters. The zero-order chi connectivity index (χ0) is 15.8. The fraction of sp³-hybridized carbons (Fsp3) is 0.400. The summed E-state index contributed by atoms with van der Waals surface area (Å²) in [5, 5.41) is 0. The topological polar surface area (TPSA) is 21.7 Å². The Kier molecular flexibility index (Phi) is 5.02. The van der Waals surface area contributed by atoms with Gasteiger partial charge in [-0.1, -0.05) is 30.3 Å². The predicted octanol–water partition coefficient (Wildman–Crippen LogP) is 3.90. The van der Waals surface area contributed by atoms with Crippen molar-refractivity contribution in [1.29, 1.82) is 0 Å². The quantitative estimate of drug-likeness (QED) is 0.839. The molecule has 0 saturated carbocycles. The second-order valence-corrected chi connectivity index (χ2v) is 6.55. The van der Waals surface area contributed by atoms with Gasteiger partial charge in [0.1, 0.15) is 0 Å². The zero-order valence-electron chi connectivity index (χ0n) is 14.2. The van der Waals surface area contributed by atoms with Crippen molar-refractivity contribution in [1.82, 2.24) is 4.90 Å². The normalized spacial score (nSPS) is 21.8. The number of rotatable bonds is 4. The van der Waals surface area contributed by atoms with E-state index in [0.29, 0.717) is 12.0 Å². The van der Waals surface area contributed by atoms with Crippen LogP contribution < -0.4 is 9.47 Å². The van der Waals surface area contributed by atoms with E-state index in [1.807, 2.05) is 0 Å². The summed E-state index contributed by atoms with van der Waals surface area (Å²) < 4.78 is 11.0. The summed E-state index contributed by atoms with van der Waals surface area (Å²) >= 11 is 0. The molecule has 0 N–H and O–H groups in total. The molecular formula is C20H24ClNO2. The van der Waals surface area contributed by atoms with Crippen molar-refractivity contribution in [2.75, 3.05) is 27.3 Å². The van der Waals surface area contributed by atoms with Crippen LogP contribution in [0.1, 0.15) is 22.7 Å². The number of halogens is 1. The fourth-order valence-corrected chi connectivity index (χ4v) is 4.14. The lowest BCUT2D eigenvalue weighted by atomic mass is 9.75. The van der Waals surface area contributed by atoms with Crippen LogP contribution in [0.25, 0.3) is 0 Å². The molecule has 2 aliphatic rings. The number of nitrogens with zero attached hydrogens (tertiary/aromatic N) is 1. The molecule has 3 nitrogen and oxygen atoms in total. The highest BCUT2D eigenvalue weighted by molar-refractivity contribution is 5.85. The van der Waals surface area contributed by atoms with Crippen LogP contribution in [0.15, 0.2) is 42.5 Å². The summed E-state index contributed by atoms with van der Waals surface area (Å²) in [6.45, 7) is 2.35. The van der Waals surface area contributed by atoms with Gasteiger partial charge in [-0.25, -0.2) is 0 Å². The predicted molar refractivity (Wildman–Crippen MR) is 98.4 cm³/mol. The van der Waals surface area contributed by atoms with Gasteiger partial charge in [-0.15, -0.1) is 12.4 Å². The van der Waals surface area contributed by atoms with E-state index in [0.717, 1.165) is 30.9 Å². The molecule has 2 aliphatic heterocycles.